The lowest BCUT2D eigenvalue weighted by atomic mass is 10.2. The molecule has 1 amide bonds. The smallest absolute Gasteiger partial charge is 0.261 e. The molecule has 0 spiro atoms. The number of para-hydroxylation sites is 1. The molecule has 0 unspecified atom stereocenters. The second-order valence-corrected chi connectivity index (χ2v) is 9.89. The number of aryl methyl sites for hydroxylation is 1. The molecule has 0 N–H and O–H groups in total. The molecule has 2 heterocycles. The van der Waals surface area contributed by atoms with Crippen LogP contribution in [0.25, 0.3) is 10.9 Å². The van der Waals surface area contributed by atoms with E-state index in [4.69, 9.17) is 0 Å². The maximum Gasteiger partial charge on any atom is 0.261 e. The minimum Gasteiger partial charge on any atom is -0.341 e. The van der Waals surface area contributed by atoms with Gasteiger partial charge in [0.05, 0.1) is 22.1 Å². The van der Waals surface area contributed by atoms with Crippen molar-refractivity contribution >= 4 is 26.8 Å². The Labute approximate surface area is 191 Å². The first-order valence-electron chi connectivity index (χ1n) is 10.8. The molecule has 2 aromatic carbocycles. The number of amides is 1. The number of carbonyl (C=O) groups is 1. The first-order chi connectivity index (χ1) is 15.9. The Bertz CT molecular complexity index is 1310. The van der Waals surface area contributed by atoms with E-state index in [1.54, 1.807) is 23.1 Å². The summed E-state index contributed by atoms with van der Waals surface area (Å²) in [5.41, 5.74) is 0.504. The lowest BCUT2D eigenvalue weighted by Gasteiger charge is -2.22. The number of halogens is 1. The first-order valence-corrected chi connectivity index (χ1v) is 12.3. The highest BCUT2D eigenvalue weighted by Crippen LogP contribution is 2.18. The molecule has 1 aromatic heterocycles. The third-order valence-corrected chi connectivity index (χ3v) is 7.69. The number of hydrogen-bond donors (Lipinski definition) is 0. The van der Waals surface area contributed by atoms with E-state index in [1.807, 2.05) is 6.07 Å². The Hall–Kier alpha value is -3.11. The average Bonchev–Trinajstić information content (AvgIpc) is 3.08. The predicted octanol–water partition coefficient (Wildman–Crippen LogP) is 2.24. The molecule has 0 radical (unpaired) electrons. The Kier molecular flexibility index (Phi) is 6.85. The van der Waals surface area contributed by atoms with Gasteiger partial charge in [-0.25, -0.2) is 17.8 Å². The van der Waals surface area contributed by atoms with Gasteiger partial charge in [0, 0.05) is 39.1 Å². The Morgan fingerprint density at radius 3 is 2.55 bits per heavy atom. The number of fused-ring (bicyclic) bond motifs is 1. The van der Waals surface area contributed by atoms with Gasteiger partial charge in [-0.15, -0.1) is 0 Å². The SMILES string of the molecule is O=C(CCCn1cnc2ccccc2c1=O)N1CCCN(S(=O)(=O)c2ccc(F)cc2)CC1. The van der Waals surface area contributed by atoms with E-state index in [9.17, 15) is 22.4 Å². The van der Waals surface area contributed by atoms with Gasteiger partial charge in [-0.2, -0.15) is 4.31 Å². The lowest BCUT2D eigenvalue weighted by Crippen LogP contribution is -2.37. The molecule has 3 aromatic rings. The molecular weight excluding hydrogens is 447 g/mol. The van der Waals surface area contributed by atoms with Crippen molar-refractivity contribution in [1.82, 2.24) is 18.8 Å². The summed E-state index contributed by atoms with van der Waals surface area (Å²) in [6.07, 6.45) is 2.75. The van der Waals surface area contributed by atoms with Crippen LogP contribution in [0.1, 0.15) is 19.3 Å². The van der Waals surface area contributed by atoms with Crippen LogP contribution in [-0.4, -0.2) is 59.3 Å². The number of carbonyl (C=O) groups excluding carboxylic acids is 1. The van der Waals surface area contributed by atoms with Gasteiger partial charge in [0.15, 0.2) is 0 Å². The van der Waals surface area contributed by atoms with Crippen molar-refractivity contribution in [3.05, 3.63) is 71.0 Å². The monoisotopic (exact) mass is 472 g/mol. The number of aromatic nitrogens is 2. The summed E-state index contributed by atoms with van der Waals surface area (Å²) in [5.74, 6) is -0.568. The summed E-state index contributed by atoms with van der Waals surface area (Å²) >= 11 is 0. The number of benzene rings is 2. The van der Waals surface area contributed by atoms with E-state index in [-0.39, 0.29) is 35.9 Å². The fourth-order valence-electron chi connectivity index (χ4n) is 3.96. The summed E-state index contributed by atoms with van der Waals surface area (Å²) in [6.45, 7) is 1.60. The van der Waals surface area contributed by atoms with Crippen LogP contribution < -0.4 is 5.56 Å². The van der Waals surface area contributed by atoms with Crippen LogP contribution in [0.3, 0.4) is 0 Å². The maximum absolute atomic E-state index is 13.1. The molecule has 10 heteroatoms. The zero-order valence-electron chi connectivity index (χ0n) is 18.1. The van der Waals surface area contributed by atoms with Gasteiger partial charge >= 0.3 is 0 Å². The zero-order valence-corrected chi connectivity index (χ0v) is 18.9. The number of nitrogens with zero attached hydrogens (tertiary/aromatic N) is 4. The fraction of sp³-hybridized carbons (Fsp3) is 0.348. The third-order valence-electron chi connectivity index (χ3n) is 5.78. The average molecular weight is 473 g/mol. The van der Waals surface area contributed by atoms with E-state index in [1.165, 1.54) is 27.3 Å². The fourth-order valence-corrected chi connectivity index (χ4v) is 5.43. The highest BCUT2D eigenvalue weighted by atomic mass is 32.2. The number of sulfonamides is 1. The molecule has 0 atom stereocenters. The topological polar surface area (TPSA) is 92.6 Å². The quantitative estimate of drug-likeness (QED) is 0.549. The standard InChI is InChI=1S/C23H25FN4O4S/c24-18-8-10-19(11-9-18)33(31,32)28-14-4-13-26(15-16-28)22(29)7-3-12-27-17-25-21-6-2-1-5-20(21)23(27)30/h1-2,5-6,8-11,17H,3-4,7,12-16H2. The van der Waals surface area contributed by atoms with Gasteiger partial charge < -0.3 is 4.90 Å². The highest BCUT2D eigenvalue weighted by Gasteiger charge is 2.28. The molecule has 0 saturated carbocycles. The Morgan fingerprint density at radius 1 is 1.00 bits per heavy atom. The number of rotatable bonds is 6. The summed E-state index contributed by atoms with van der Waals surface area (Å²) in [5, 5.41) is 0.543. The molecule has 1 aliphatic heterocycles. The molecule has 1 fully saturated rings. The van der Waals surface area contributed by atoms with Crippen LogP contribution in [-0.2, 0) is 21.4 Å². The Balaban J connectivity index is 1.33. The van der Waals surface area contributed by atoms with E-state index < -0.39 is 15.8 Å². The zero-order chi connectivity index (χ0) is 23.4. The van der Waals surface area contributed by atoms with E-state index >= 15 is 0 Å². The van der Waals surface area contributed by atoms with Gasteiger partial charge in [0.2, 0.25) is 15.9 Å². The molecule has 4 rings (SSSR count). The van der Waals surface area contributed by atoms with Crippen molar-refractivity contribution < 1.29 is 17.6 Å². The molecule has 0 aliphatic carbocycles. The second kappa shape index (κ2) is 9.80. The molecule has 1 aliphatic rings. The van der Waals surface area contributed by atoms with Gasteiger partial charge in [-0.1, -0.05) is 12.1 Å². The summed E-state index contributed by atoms with van der Waals surface area (Å²) in [7, 11) is -3.74. The lowest BCUT2D eigenvalue weighted by molar-refractivity contribution is -0.131. The van der Waals surface area contributed by atoms with E-state index in [2.05, 4.69) is 4.98 Å². The van der Waals surface area contributed by atoms with Crippen molar-refractivity contribution in [2.75, 3.05) is 26.2 Å². The van der Waals surface area contributed by atoms with Crippen molar-refractivity contribution in [1.29, 1.82) is 0 Å². The van der Waals surface area contributed by atoms with Gasteiger partial charge in [-0.3, -0.25) is 14.2 Å². The Morgan fingerprint density at radius 2 is 1.76 bits per heavy atom. The minimum atomic E-state index is -3.74. The van der Waals surface area contributed by atoms with Gasteiger partial charge in [0.25, 0.3) is 5.56 Å². The minimum absolute atomic E-state index is 0.0399. The van der Waals surface area contributed by atoms with Gasteiger partial charge in [0.1, 0.15) is 5.82 Å². The number of hydrogen-bond acceptors (Lipinski definition) is 5. The van der Waals surface area contributed by atoms with Crippen molar-refractivity contribution in [3.8, 4) is 0 Å². The normalized spacial score (nSPS) is 15.5. The molecule has 8 nitrogen and oxygen atoms in total. The van der Waals surface area contributed by atoms with Gasteiger partial charge in [-0.05, 0) is 49.2 Å². The summed E-state index contributed by atoms with van der Waals surface area (Å²) < 4.78 is 41.7. The van der Waals surface area contributed by atoms with Crippen LogP contribution in [0.15, 0.2) is 64.5 Å². The summed E-state index contributed by atoms with van der Waals surface area (Å²) in [4.78, 5) is 31.3. The van der Waals surface area contributed by atoms with Crippen molar-refractivity contribution in [3.63, 3.8) is 0 Å². The molecule has 0 bridgehead atoms. The summed E-state index contributed by atoms with van der Waals surface area (Å²) in [6, 6.07) is 11.9. The first kappa shape index (κ1) is 23.1. The molecule has 1 saturated heterocycles. The van der Waals surface area contributed by atoms with Crippen LogP contribution >= 0.6 is 0 Å². The molecule has 174 valence electrons. The van der Waals surface area contributed by atoms with Crippen LogP contribution in [0, 0.1) is 5.82 Å². The van der Waals surface area contributed by atoms with Crippen molar-refractivity contribution in [2.24, 2.45) is 0 Å². The largest absolute Gasteiger partial charge is 0.341 e. The van der Waals surface area contributed by atoms with E-state index in [0.717, 1.165) is 12.1 Å². The third kappa shape index (κ3) is 5.12. The second-order valence-electron chi connectivity index (χ2n) is 7.96. The van der Waals surface area contributed by atoms with Crippen LogP contribution in [0.2, 0.25) is 0 Å². The van der Waals surface area contributed by atoms with Crippen molar-refractivity contribution in [2.45, 2.75) is 30.7 Å². The van der Waals surface area contributed by atoms with Crippen LogP contribution in [0.4, 0.5) is 4.39 Å². The van der Waals surface area contributed by atoms with Crippen LogP contribution in [0.5, 0.6) is 0 Å². The maximum atomic E-state index is 13.1. The molecular formula is C23H25FN4O4S. The predicted molar refractivity (Wildman–Crippen MR) is 122 cm³/mol. The molecule has 33 heavy (non-hydrogen) atoms. The highest BCUT2D eigenvalue weighted by molar-refractivity contribution is 7.89. The van der Waals surface area contributed by atoms with E-state index in [0.29, 0.717) is 43.4 Å².